The molecular weight excluding hydrogens is 227 g/mol. The SMILES string of the molecule is NCC1(F)CCN(c2cccc(Cl)c2)CC1. The number of halogens is 2. The van der Waals surface area contributed by atoms with E-state index in [-0.39, 0.29) is 6.54 Å². The molecule has 0 aliphatic carbocycles. The highest BCUT2D eigenvalue weighted by Gasteiger charge is 2.33. The van der Waals surface area contributed by atoms with Gasteiger partial charge >= 0.3 is 0 Å². The summed E-state index contributed by atoms with van der Waals surface area (Å²) in [4.78, 5) is 2.15. The van der Waals surface area contributed by atoms with Crippen molar-refractivity contribution < 1.29 is 4.39 Å². The van der Waals surface area contributed by atoms with Crippen LogP contribution in [0.3, 0.4) is 0 Å². The number of hydrogen-bond donors (Lipinski definition) is 1. The van der Waals surface area contributed by atoms with E-state index in [0.717, 1.165) is 5.69 Å². The van der Waals surface area contributed by atoms with Crippen LogP contribution < -0.4 is 10.6 Å². The van der Waals surface area contributed by atoms with Crippen LogP contribution in [-0.4, -0.2) is 25.3 Å². The van der Waals surface area contributed by atoms with Gasteiger partial charge in [0.1, 0.15) is 5.67 Å². The summed E-state index contributed by atoms with van der Waals surface area (Å²) >= 11 is 5.93. The number of benzene rings is 1. The van der Waals surface area contributed by atoms with Crippen LogP contribution in [0.2, 0.25) is 5.02 Å². The molecule has 0 atom stereocenters. The fourth-order valence-corrected chi connectivity index (χ4v) is 2.23. The Labute approximate surface area is 100 Å². The van der Waals surface area contributed by atoms with E-state index in [1.807, 2.05) is 24.3 Å². The van der Waals surface area contributed by atoms with Gasteiger partial charge in [0.15, 0.2) is 0 Å². The minimum absolute atomic E-state index is 0.121. The van der Waals surface area contributed by atoms with E-state index >= 15 is 0 Å². The van der Waals surface area contributed by atoms with Crippen LogP contribution in [0.1, 0.15) is 12.8 Å². The summed E-state index contributed by atoms with van der Waals surface area (Å²) in [5.41, 5.74) is 5.32. The predicted molar refractivity (Wildman–Crippen MR) is 65.8 cm³/mol. The number of alkyl halides is 1. The fourth-order valence-electron chi connectivity index (χ4n) is 2.04. The molecule has 4 heteroatoms. The van der Waals surface area contributed by atoms with Gasteiger partial charge < -0.3 is 10.6 Å². The number of hydrogen-bond acceptors (Lipinski definition) is 2. The Balaban J connectivity index is 2.04. The Morgan fingerprint density at radius 3 is 2.62 bits per heavy atom. The molecule has 0 bridgehead atoms. The molecule has 0 aromatic heterocycles. The highest BCUT2D eigenvalue weighted by molar-refractivity contribution is 6.30. The first kappa shape index (κ1) is 11.7. The fraction of sp³-hybridized carbons (Fsp3) is 0.500. The Morgan fingerprint density at radius 1 is 1.38 bits per heavy atom. The Kier molecular flexibility index (Phi) is 3.36. The third-order valence-electron chi connectivity index (χ3n) is 3.20. The number of rotatable bonds is 2. The molecule has 1 saturated heterocycles. The molecule has 2 nitrogen and oxygen atoms in total. The van der Waals surface area contributed by atoms with E-state index in [1.54, 1.807) is 0 Å². The molecule has 0 unspecified atom stereocenters. The van der Waals surface area contributed by atoms with Gasteiger partial charge in [0, 0.05) is 43.2 Å². The van der Waals surface area contributed by atoms with Gasteiger partial charge in [-0.25, -0.2) is 4.39 Å². The first-order chi connectivity index (χ1) is 7.63. The zero-order chi connectivity index (χ0) is 11.6. The zero-order valence-corrected chi connectivity index (χ0v) is 9.88. The van der Waals surface area contributed by atoms with Crippen LogP contribution in [-0.2, 0) is 0 Å². The predicted octanol–water partition coefficient (Wildman–Crippen LogP) is 2.61. The molecule has 0 spiro atoms. The van der Waals surface area contributed by atoms with Crippen LogP contribution in [0.5, 0.6) is 0 Å². The smallest absolute Gasteiger partial charge is 0.126 e. The monoisotopic (exact) mass is 242 g/mol. The molecule has 1 aliphatic rings. The van der Waals surface area contributed by atoms with Crippen molar-refractivity contribution in [1.29, 1.82) is 0 Å². The summed E-state index contributed by atoms with van der Waals surface area (Å²) in [6, 6.07) is 7.67. The third-order valence-corrected chi connectivity index (χ3v) is 3.43. The topological polar surface area (TPSA) is 29.3 Å². The normalized spacial score (nSPS) is 19.8. The van der Waals surface area contributed by atoms with Gasteiger partial charge in [-0.2, -0.15) is 0 Å². The van der Waals surface area contributed by atoms with Gasteiger partial charge in [0.2, 0.25) is 0 Å². The van der Waals surface area contributed by atoms with E-state index < -0.39 is 5.67 Å². The molecule has 1 aromatic carbocycles. The van der Waals surface area contributed by atoms with Gasteiger partial charge in [0.25, 0.3) is 0 Å². The maximum absolute atomic E-state index is 13.9. The van der Waals surface area contributed by atoms with Crippen molar-refractivity contribution in [3.05, 3.63) is 29.3 Å². The first-order valence-electron chi connectivity index (χ1n) is 5.52. The van der Waals surface area contributed by atoms with Crippen LogP contribution in [0.25, 0.3) is 0 Å². The lowest BCUT2D eigenvalue weighted by Gasteiger charge is -2.37. The first-order valence-corrected chi connectivity index (χ1v) is 5.90. The van der Waals surface area contributed by atoms with Gasteiger partial charge in [-0.15, -0.1) is 0 Å². The molecule has 1 aliphatic heterocycles. The second kappa shape index (κ2) is 4.60. The Morgan fingerprint density at radius 2 is 2.06 bits per heavy atom. The second-order valence-corrected chi connectivity index (χ2v) is 4.76. The van der Waals surface area contributed by atoms with Crippen molar-refractivity contribution in [3.63, 3.8) is 0 Å². The van der Waals surface area contributed by atoms with Gasteiger partial charge in [-0.1, -0.05) is 17.7 Å². The summed E-state index contributed by atoms with van der Waals surface area (Å²) in [5.74, 6) is 0. The highest BCUT2D eigenvalue weighted by atomic mass is 35.5. The van der Waals surface area contributed by atoms with Crippen LogP contribution >= 0.6 is 11.6 Å². The number of piperidine rings is 1. The number of nitrogens with two attached hydrogens (primary N) is 1. The maximum Gasteiger partial charge on any atom is 0.126 e. The largest absolute Gasteiger partial charge is 0.371 e. The summed E-state index contributed by atoms with van der Waals surface area (Å²) < 4.78 is 13.9. The van der Waals surface area contributed by atoms with Crippen LogP contribution in [0.15, 0.2) is 24.3 Å². The van der Waals surface area contributed by atoms with E-state index in [4.69, 9.17) is 17.3 Å². The van der Waals surface area contributed by atoms with E-state index in [2.05, 4.69) is 4.90 Å². The number of anilines is 1. The minimum atomic E-state index is -1.17. The summed E-state index contributed by atoms with van der Waals surface area (Å²) in [7, 11) is 0. The van der Waals surface area contributed by atoms with Crippen molar-refractivity contribution in [3.8, 4) is 0 Å². The molecule has 0 radical (unpaired) electrons. The molecule has 16 heavy (non-hydrogen) atoms. The molecular formula is C12H16ClFN2. The van der Waals surface area contributed by atoms with Crippen LogP contribution in [0.4, 0.5) is 10.1 Å². The highest BCUT2D eigenvalue weighted by Crippen LogP contribution is 2.29. The van der Waals surface area contributed by atoms with Gasteiger partial charge in [-0.3, -0.25) is 0 Å². The third kappa shape index (κ3) is 2.47. The van der Waals surface area contributed by atoms with Crippen molar-refractivity contribution in [2.45, 2.75) is 18.5 Å². The van der Waals surface area contributed by atoms with Gasteiger partial charge in [0.05, 0.1) is 0 Å². The standard InChI is InChI=1S/C12H16ClFN2/c13-10-2-1-3-11(8-10)16-6-4-12(14,9-15)5-7-16/h1-3,8H,4-7,9,15H2. The van der Waals surface area contributed by atoms with Crippen molar-refractivity contribution in [2.24, 2.45) is 5.73 Å². The molecule has 88 valence electrons. The molecule has 0 saturated carbocycles. The van der Waals surface area contributed by atoms with E-state index in [0.29, 0.717) is 31.0 Å². The average Bonchev–Trinajstić information content (AvgIpc) is 2.30. The zero-order valence-electron chi connectivity index (χ0n) is 9.13. The van der Waals surface area contributed by atoms with Crippen LogP contribution in [0, 0.1) is 0 Å². The van der Waals surface area contributed by atoms with Crippen molar-refractivity contribution >= 4 is 17.3 Å². The molecule has 1 heterocycles. The number of nitrogens with zero attached hydrogens (tertiary/aromatic N) is 1. The lowest BCUT2D eigenvalue weighted by molar-refractivity contribution is 0.135. The molecule has 2 N–H and O–H groups in total. The molecule has 1 aromatic rings. The molecule has 1 fully saturated rings. The van der Waals surface area contributed by atoms with Gasteiger partial charge in [-0.05, 0) is 18.2 Å². The Hall–Kier alpha value is -0.800. The molecule has 2 rings (SSSR count). The second-order valence-electron chi connectivity index (χ2n) is 4.32. The van der Waals surface area contributed by atoms with Crippen molar-refractivity contribution in [2.75, 3.05) is 24.5 Å². The van der Waals surface area contributed by atoms with E-state index in [1.165, 1.54) is 0 Å². The minimum Gasteiger partial charge on any atom is -0.371 e. The summed E-state index contributed by atoms with van der Waals surface area (Å²) in [6.07, 6.45) is 0.992. The maximum atomic E-state index is 13.9. The summed E-state index contributed by atoms with van der Waals surface area (Å²) in [5, 5.41) is 0.716. The van der Waals surface area contributed by atoms with Crippen molar-refractivity contribution in [1.82, 2.24) is 0 Å². The Bertz CT molecular complexity index is 362. The summed E-state index contributed by atoms with van der Waals surface area (Å²) in [6.45, 7) is 1.53. The molecule has 0 amide bonds. The lowest BCUT2D eigenvalue weighted by Crippen LogP contribution is -2.45. The lowest BCUT2D eigenvalue weighted by atomic mass is 9.93. The quantitative estimate of drug-likeness (QED) is 0.864. The van der Waals surface area contributed by atoms with E-state index in [9.17, 15) is 4.39 Å². The average molecular weight is 243 g/mol.